The number of sulfonamides is 1. The van der Waals surface area contributed by atoms with Crippen LogP contribution < -0.4 is 10.0 Å². The molecule has 0 aliphatic carbocycles. The van der Waals surface area contributed by atoms with Gasteiger partial charge < -0.3 is 5.32 Å². The van der Waals surface area contributed by atoms with Crippen LogP contribution in [0.3, 0.4) is 0 Å². The molecule has 6 nitrogen and oxygen atoms in total. The van der Waals surface area contributed by atoms with Gasteiger partial charge in [0.25, 0.3) is 15.9 Å². The minimum absolute atomic E-state index is 0.0528. The van der Waals surface area contributed by atoms with Crippen LogP contribution in [0, 0.1) is 0 Å². The number of hydrogen-bond acceptors (Lipinski definition) is 4. The summed E-state index contributed by atoms with van der Waals surface area (Å²) in [5.41, 5.74) is 0.864. The van der Waals surface area contributed by atoms with Crippen LogP contribution in [0.4, 0.5) is 5.69 Å². The molecule has 2 N–H and O–H groups in total. The average Bonchev–Trinajstić information content (AvgIpc) is 2.53. The Labute approximate surface area is 153 Å². The zero-order valence-corrected chi connectivity index (χ0v) is 16.0. The van der Waals surface area contributed by atoms with Crippen molar-refractivity contribution in [2.45, 2.75) is 38.1 Å². The summed E-state index contributed by atoms with van der Waals surface area (Å²) in [7, 11) is -3.78. The van der Waals surface area contributed by atoms with Crippen molar-refractivity contribution in [1.82, 2.24) is 5.32 Å². The van der Waals surface area contributed by atoms with E-state index in [9.17, 15) is 18.0 Å². The van der Waals surface area contributed by atoms with Gasteiger partial charge in [0.15, 0.2) is 5.78 Å². The smallest absolute Gasteiger partial charge is 0.261 e. The molecule has 0 unspecified atom stereocenters. The van der Waals surface area contributed by atoms with E-state index in [1.165, 1.54) is 43.3 Å². The number of nitrogens with one attached hydrogen (secondary N) is 2. The highest BCUT2D eigenvalue weighted by molar-refractivity contribution is 7.92. The molecule has 0 spiro atoms. The number of carbonyl (C=O) groups is 2. The second-order valence-corrected chi connectivity index (χ2v) is 8.65. The lowest BCUT2D eigenvalue weighted by Crippen LogP contribution is -2.40. The molecular formula is C19H22N2O4S. The first kappa shape index (κ1) is 19.7. The van der Waals surface area contributed by atoms with Crippen molar-refractivity contribution in [3.05, 3.63) is 59.7 Å². The summed E-state index contributed by atoms with van der Waals surface area (Å²) in [6, 6.07) is 11.9. The third kappa shape index (κ3) is 5.16. The molecule has 138 valence electrons. The van der Waals surface area contributed by atoms with Crippen molar-refractivity contribution in [3.63, 3.8) is 0 Å². The summed E-state index contributed by atoms with van der Waals surface area (Å²) in [6.07, 6.45) is 0. The number of anilines is 1. The van der Waals surface area contributed by atoms with Crippen LogP contribution in [-0.4, -0.2) is 25.6 Å². The number of carbonyl (C=O) groups excluding carboxylic acids is 2. The molecule has 2 rings (SSSR count). The van der Waals surface area contributed by atoms with Gasteiger partial charge >= 0.3 is 0 Å². The Balaban J connectivity index is 2.14. The molecule has 26 heavy (non-hydrogen) atoms. The van der Waals surface area contributed by atoms with E-state index < -0.39 is 10.0 Å². The summed E-state index contributed by atoms with van der Waals surface area (Å²) in [5, 5.41) is 2.84. The summed E-state index contributed by atoms with van der Waals surface area (Å²) in [6.45, 7) is 7.06. The highest BCUT2D eigenvalue weighted by atomic mass is 32.2. The number of benzene rings is 2. The van der Waals surface area contributed by atoms with Gasteiger partial charge in [0.05, 0.1) is 4.90 Å². The molecule has 7 heteroatoms. The fraction of sp³-hybridized carbons (Fsp3) is 0.263. The highest BCUT2D eigenvalue weighted by Gasteiger charge is 2.17. The van der Waals surface area contributed by atoms with Gasteiger partial charge in [-0.3, -0.25) is 14.3 Å². The first-order valence-corrected chi connectivity index (χ1v) is 9.53. The third-order valence-corrected chi connectivity index (χ3v) is 4.86. The average molecular weight is 374 g/mol. The molecule has 0 heterocycles. The molecule has 0 saturated heterocycles. The molecule has 0 radical (unpaired) electrons. The van der Waals surface area contributed by atoms with Crippen LogP contribution >= 0.6 is 0 Å². The maximum Gasteiger partial charge on any atom is 0.261 e. The zero-order valence-electron chi connectivity index (χ0n) is 15.2. The van der Waals surface area contributed by atoms with Crippen molar-refractivity contribution in [2.75, 3.05) is 4.72 Å². The van der Waals surface area contributed by atoms with Gasteiger partial charge in [-0.05, 0) is 64.1 Å². The standard InChI is InChI=1S/C19H22N2O4S/c1-13(22)14-7-11-17(12-8-14)26(24,25)21-16-9-5-15(6-10-16)18(23)20-19(2,3)4/h5-12,21H,1-4H3,(H,20,23). The first-order chi connectivity index (χ1) is 12.0. The van der Waals surface area contributed by atoms with Crippen LogP contribution in [-0.2, 0) is 10.0 Å². The normalized spacial score (nSPS) is 11.7. The number of ketones is 1. The molecule has 0 aliphatic rings. The molecule has 1 amide bonds. The van der Waals surface area contributed by atoms with E-state index in [2.05, 4.69) is 10.0 Å². The van der Waals surface area contributed by atoms with Gasteiger partial charge in [0, 0.05) is 22.4 Å². The number of Topliss-reactive ketones (excluding diaryl/α,β-unsaturated/α-hetero) is 1. The molecule has 0 atom stereocenters. The molecule has 0 fully saturated rings. The lowest BCUT2D eigenvalue weighted by atomic mass is 10.1. The molecule has 0 bridgehead atoms. The minimum atomic E-state index is -3.78. The molecule has 0 aliphatic heterocycles. The lowest BCUT2D eigenvalue weighted by Gasteiger charge is -2.20. The first-order valence-electron chi connectivity index (χ1n) is 8.04. The van der Waals surface area contributed by atoms with Gasteiger partial charge in [-0.25, -0.2) is 8.42 Å². The Bertz CT molecular complexity index is 910. The fourth-order valence-electron chi connectivity index (χ4n) is 2.19. The van der Waals surface area contributed by atoms with Crippen LogP contribution in [0.5, 0.6) is 0 Å². The summed E-state index contributed by atoms with van der Waals surface area (Å²) in [4.78, 5) is 23.4. The molecule has 2 aromatic carbocycles. The van der Waals surface area contributed by atoms with Gasteiger partial charge in [-0.1, -0.05) is 12.1 Å². The Morgan fingerprint density at radius 3 is 1.81 bits per heavy atom. The largest absolute Gasteiger partial charge is 0.347 e. The van der Waals surface area contributed by atoms with E-state index in [-0.39, 0.29) is 22.1 Å². The highest BCUT2D eigenvalue weighted by Crippen LogP contribution is 2.18. The Hall–Kier alpha value is -2.67. The van der Waals surface area contributed by atoms with Gasteiger partial charge in [0.1, 0.15) is 0 Å². The van der Waals surface area contributed by atoms with Crippen LogP contribution in [0.25, 0.3) is 0 Å². The maximum atomic E-state index is 12.4. The molecule has 0 saturated carbocycles. The topological polar surface area (TPSA) is 92.3 Å². The quantitative estimate of drug-likeness (QED) is 0.786. The van der Waals surface area contributed by atoms with Gasteiger partial charge in [-0.2, -0.15) is 0 Å². The van der Waals surface area contributed by atoms with Gasteiger partial charge in [0.2, 0.25) is 0 Å². The summed E-state index contributed by atoms with van der Waals surface area (Å²) < 4.78 is 27.3. The van der Waals surface area contributed by atoms with E-state index in [1.807, 2.05) is 20.8 Å². The van der Waals surface area contributed by atoms with Crippen LogP contribution in [0.2, 0.25) is 0 Å². The van der Waals surface area contributed by atoms with Crippen LogP contribution in [0.1, 0.15) is 48.4 Å². The second kappa shape index (κ2) is 7.29. The Morgan fingerprint density at radius 1 is 0.846 bits per heavy atom. The predicted molar refractivity (Wildman–Crippen MR) is 101 cm³/mol. The van der Waals surface area contributed by atoms with E-state index in [0.29, 0.717) is 16.8 Å². The second-order valence-electron chi connectivity index (χ2n) is 6.97. The van der Waals surface area contributed by atoms with E-state index in [4.69, 9.17) is 0 Å². The van der Waals surface area contributed by atoms with Crippen molar-refractivity contribution < 1.29 is 18.0 Å². The molecule has 0 aromatic heterocycles. The lowest BCUT2D eigenvalue weighted by molar-refractivity contribution is 0.0918. The zero-order chi connectivity index (χ0) is 19.5. The van der Waals surface area contributed by atoms with Crippen molar-refractivity contribution in [2.24, 2.45) is 0 Å². The SMILES string of the molecule is CC(=O)c1ccc(S(=O)(=O)Nc2ccc(C(=O)NC(C)(C)C)cc2)cc1. The summed E-state index contributed by atoms with van der Waals surface area (Å²) in [5.74, 6) is -0.363. The van der Waals surface area contributed by atoms with Crippen molar-refractivity contribution >= 4 is 27.4 Å². The number of rotatable bonds is 5. The molecule has 2 aromatic rings. The third-order valence-electron chi connectivity index (χ3n) is 3.46. The molecular weight excluding hydrogens is 352 g/mol. The van der Waals surface area contributed by atoms with Crippen molar-refractivity contribution in [3.8, 4) is 0 Å². The van der Waals surface area contributed by atoms with Gasteiger partial charge in [-0.15, -0.1) is 0 Å². The van der Waals surface area contributed by atoms with Crippen molar-refractivity contribution in [1.29, 1.82) is 0 Å². The number of amides is 1. The predicted octanol–water partition coefficient (Wildman–Crippen LogP) is 3.22. The monoisotopic (exact) mass is 374 g/mol. The Morgan fingerprint density at radius 2 is 1.35 bits per heavy atom. The fourth-order valence-corrected chi connectivity index (χ4v) is 3.24. The maximum absolute atomic E-state index is 12.4. The minimum Gasteiger partial charge on any atom is -0.347 e. The Kier molecular flexibility index (Phi) is 5.51. The van der Waals surface area contributed by atoms with E-state index in [1.54, 1.807) is 12.1 Å². The summed E-state index contributed by atoms with van der Waals surface area (Å²) >= 11 is 0. The van der Waals surface area contributed by atoms with E-state index in [0.717, 1.165) is 0 Å². The van der Waals surface area contributed by atoms with Crippen LogP contribution in [0.15, 0.2) is 53.4 Å². The number of hydrogen-bond donors (Lipinski definition) is 2. The van der Waals surface area contributed by atoms with E-state index >= 15 is 0 Å².